The molecule has 0 fully saturated rings. The minimum absolute atomic E-state index is 0.101. The molecular weight excluding hydrogens is 248 g/mol. The SMILES string of the molecule is Cc1c(CO)cccc1SCCN1N=NCN1C. The van der Waals surface area contributed by atoms with Gasteiger partial charge in [0.1, 0.15) is 6.67 Å². The van der Waals surface area contributed by atoms with Gasteiger partial charge in [-0.05, 0) is 24.1 Å². The van der Waals surface area contributed by atoms with Crippen LogP contribution in [0.3, 0.4) is 0 Å². The van der Waals surface area contributed by atoms with Crippen LogP contribution in [-0.4, -0.2) is 41.2 Å². The lowest BCUT2D eigenvalue weighted by Gasteiger charge is -2.20. The Balaban J connectivity index is 1.88. The van der Waals surface area contributed by atoms with Crippen LogP contribution in [0.25, 0.3) is 0 Å². The number of thioether (sulfide) groups is 1. The molecule has 0 saturated heterocycles. The minimum Gasteiger partial charge on any atom is -0.392 e. The molecule has 0 unspecified atom stereocenters. The van der Waals surface area contributed by atoms with Gasteiger partial charge >= 0.3 is 0 Å². The smallest absolute Gasteiger partial charge is 0.133 e. The van der Waals surface area contributed by atoms with Crippen molar-refractivity contribution < 1.29 is 5.11 Å². The highest BCUT2D eigenvalue weighted by atomic mass is 32.2. The van der Waals surface area contributed by atoms with E-state index in [0.29, 0.717) is 6.67 Å². The highest BCUT2D eigenvalue weighted by Gasteiger charge is 2.13. The van der Waals surface area contributed by atoms with Gasteiger partial charge in [-0.1, -0.05) is 17.4 Å². The van der Waals surface area contributed by atoms with E-state index in [0.717, 1.165) is 17.9 Å². The zero-order chi connectivity index (χ0) is 13.0. The summed E-state index contributed by atoms with van der Waals surface area (Å²) in [5.41, 5.74) is 2.17. The van der Waals surface area contributed by atoms with Crippen molar-refractivity contribution in [3.8, 4) is 0 Å². The molecular formula is C12H18N4OS. The van der Waals surface area contributed by atoms with Crippen molar-refractivity contribution in [3.05, 3.63) is 29.3 Å². The summed E-state index contributed by atoms with van der Waals surface area (Å²) >= 11 is 1.78. The van der Waals surface area contributed by atoms with Crippen molar-refractivity contribution >= 4 is 11.8 Å². The van der Waals surface area contributed by atoms with E-state index < -0.39 is 0 Å². The maximum absolute atomic E-state index is 9.22. The molecule has 1 aromatic carbocycles. The molecule has 1 aliphatic rings. The number of hydrogen-bond donors (Lipinski definition) is 1. The molecule has 2 rings (SSSR count). The van der Waals surface area contributed by atoms with Crippen LogP contribution < -0.4 is 0 Å². The standard InChI is InChI=1S/C12H18N4OS/c1-10-11(8-17)4-3-5-12(10)18-7-6-16-14-13-9-15(16)2/h3-5,17H,6-9H2,1-2H3. The summed E-state index contributed by atoms with van der Waals surface area (Å²) in [6, 6.07) is 6.04. The summed E-state index contributed by atoms with van der Waals surface area (Å²) in [5.74, 6) is 0.944. The molecule has 0 aromatic heterocycles. The number of benzene rings is 1. The van der Waals surface area contributed by atoms with Crippen molar-refractivity contribution in [2.45, 2.75) is 18.4 Å². The molecule has 98 valence electrons. The third-order valence-corrected chi connectivity index (χ3v) is 4.08. The first-order chi connectivity index (χ1) is 8.72. The second-order valence-corrected chi connectivity index (χ2v) is 5.31. The third kappa shape index (κ3) is 3.01. The molecule has 5 nitrogen and oxygen atoms in total. The topological polar surface area (TPSA) is 51.4 Å². The fourth-order valence-corrected chi connectivity index (χ4v) is 2.77. The lowest BCUT2D eigenvalue weighted by molar-refractivity contribution is 0.0436. The van der Waals surface area contributed by atoms with E-state index in [4.69, 9.17) is 0 Å². The molecule has 0 saturated carbocycles. The number of aliphatic hydroxyl groups is 1. The first kappa shape index (κ1) is 13.3. The summed E-state index contributed by atoms with van der Waals surface area (Å²) in [5, 5.41) is 21.1. The van der Waals surface area contributed by atoms with E-state index in [1.54, 1.807) is 11.8 Å². The third-order valence-electron chi connectivity index (χ3n) is 2.94. The van der Waals surface area contributed by atoms with Gasteiger partial charge in [0.25, 0.3) is 0 Å². The Morgan fingerprint density at radius 1 is 1.44 bits per heavy atom. The van der Waals surface area contributed by atoms with E-state index in [2.05, 4.69) is 23.3 Å². The van der Waals surface area contributed by atoms with E-state index in [1.165, 1.54) is 10.5 Å². The fraction of sp³-hybridized carbons (Fsp3) is 0.500. The summed E-state index contributed by atoms with van der Waals surface area (Å²) in [6.45, 7) is 3.63. The number of rotatable bonds is 5. The Labute approximate surface area is 111 Å². The number of hydrogen-bond acceptors (Lipinski definition) is 6. The molecule has 0 aliphatic carbocycles. The predicted molar refractivity (Wildman–Crippen MR) is 72.0 cm³/mol. The van der Waals surface area contributed by atoms with Crippen LogP contribution in [0.2, 0.25) is 0 Å². The maximum Gasteiger partial charge on any atom is 0.133 e. The van der Waals surface area contributed by atoms with Gasteiger partial charge in [-0.25, -0.2) is 5.12 Å². The van der Waals surface area contributed by atoms with Gasteiger partial charge in [-0.3, -0.25) is 0 Å². The average Bonchev–Trinajstić information content (AvgIpc) is 2.77. The molecule has 18 heavy (non-hydrogen) atoms. The Hall–Kier alpha value is -1.11. The Bertz CT molecular complexity index is 438. The van der Waals surface area contributed by atoms with Crippen molar-refractivity contribution in [2.75, 3.05) is 26.0 Å². The van der Waals surface area contributed by atoms with Gasteiger partial charge in [0, 0.05) is 17.7 Å². The average molecular weight is 266 g/mol. The van der Waals surface area contributed by atoms with Gasteiger partial charge in [0.2, 0.25) is 0 Å². The lowest BCUT2D eigenvalue weighted by atomic mass is 10.1. The van der Waals surface area contributed by atoms with Crippen molar-refractivity contribution in [3.63, 3.8) is 0 Å². The lowest BCUT2D eigenvalue weighted by Crippen LogP contribution is -2.32. The second kappa shape index (κ2) is 6.17. The van der Waals surface area contributed by atoms with Crippen LogP contribution in [0.4, 0.5) is 0 Å². The summed E-state index contributed by atoms with van der Waals surface area (Å²) in [7, 11) is 1.97. The van der Waals surface area contributed by atoms with Gasteiger partial charge < -0.3 is 5.11 Å². The van der Waals surface area contributed by atoms with Gasteiger partial charge in [0.05, 0.1) is 13.2 Å². The largest absolute Gasteiger partial charge is 0.392 e. The highest BCUT2D eigenvalue weighted by Crippen LogP contribution is 2.25. The predicted octanol–water partition coefficient (Wildman–Crippen LogP) is 2.07. The Morgan fingerprint density at radius 2 is 2.28 bits per heavy atom. The zero-order valence-electron chi connectivity index (χ0n) is 10.7. The molecule has 1 heterocycles. The minimum atomic E-state index is 0.101. The monoisotopic (exact) mass is 266 g/mol. The maximum atomic E-state index is 9.22. The second-order valence-electron chi connectivity index (χ2n) is 4.17. The molecule has 0 bridgehead atoms. The number of hydrazine groups is 1. The molecule has 1 aliphatic heterocycles. The van der Waals surface area contributed by atoms with Crippen molar-refractivity contribution in [1.82, 2.24) is 10.1 Å². The zero-order valence-corrected chi connectivity index (χ0v) is 11.5. The fourth-order valence-electron chi connectivity index (χ4n) is 1.77. The summed E-state index contributed by atoms with van der Waals surface area (Å²) in [4.78, 5) is 1.22. The normalized spacial score (nSPS) is 15.6. The van der Waals surface area contributed by atoms with Gasteiger partial charge in [-0.2, -0.15) is 10.1 Å². The van der Waals surface area contributed by atoms with Crippen LogP contribution >= 0.6 is 11.8 Å². The molecule has 0 atom stereocenters. The summed E-state index contributed by atoms with van der Waals surface area (Å²) < 4.78 is 0. The van der Waals surface area contributed by atoms with Crippen LogP contribution in [0.15, 0.2) is 33.4 Å². The van der Waals surface area contributed by atoms with E-state index >= 15 is 0 Å². The van der Waals surface area contributed by atoms with Crippen LogP contribution in [0.1, 0.15) is 11.1 Å². The van der Waals surface area contributed by atoms with E-state index in [9.17, 15) is 5.11 Å². The highest BCUT2D eigenvalue weighted by molar-refractivity contribution is 7.99. The van der Waals surface area contributed by atoms with E-state index in [1.807, 2.05) is 29.3 Å². The molecule has 0 radical (unpaired) electrons. The number of aliphatic hydroxyl groups excluding tert-OH is 1. The Kier molecular flexibility index (Phi) is 4.57. The summed E-state index contributed by atoms with van der Waals surface area (Å²) in [6.07, 6.45) is 0. The number of nitrogens with zero attached hydrogens (tertiary/aromatic N) is 4. The van der Waals surface area contributed by atoms with Crippen LogP contribution in [0.5, 0.6) is 0 Å². The van der Waals surface area contributed by atoms with Crippen molar-refractivity contribution in [2.24, 2.45) is 10.3 Å². The Morgan fingerprint density at radius 3 is 2.94 bits per heavy atom. The van der Waals surface area contributed by atoms with Crippen LogP contribution in [0, 0.1) is 6.92 Å². The van der Waals surface area contributed by atoms with Crippen molar-refractivity contribution in [1.29, 1.82) is 0 Å². The molecule has 0 amide bonds. The first-order valence-electron chi connectivity index (χ1n) is 5.90. The quantitative estimate of drug-likeness (QED) is 0.829. The van der Waals surface area contributed by atoms with Gasteiger partial charge in [-0.15, -0.1) is 11.8 Å². The molecule has 1 N–H and O–H groups in total. The molecule has 0 spiro atoms. The first-order valence-corrected chi connectivity index (χ1v) is 6.89. The molecule has 1 aromatic rings. The molecule has 6 heteroatoms. The van der Waals surface area contributed by atoms with Gasteiger partial charge in [0.15, 0.2) is 0 Å². The van der Waals surface area contributed by atoms with E-state index in [-0.39, 0.29) is 6.61 Å². The van der Waals surface area contributed by atoms with Crippen LogP contribution in [-0.2, 0) is 6.61 Å².